The van der Waals surface area contributed by atoms with Gasteiger partial charge in [0, 0.05) is 18.7 Å². The molecule has 0 amide bonds. The summed E-state index contributed by atoms with van der Waals surface area (Å²) < 4.78 is 38.4. The molecule has 3 rings (SSSR count). The fraction of sp³-hybridized carbons (Fsp3) is 0.200. The van der Waals surface area contributed by atoms with Crippen LogP contribution in [-0.4, -0.2) is 24.3 Å². The molecule has 0 radical (unpaired) electrons. The van der Waals surface area contributed by atoms with Crippen molar-refractivity contribution in [3.05, 3.63) is 88.4 Å². The first-order valence-corrected chi connectivity index (χ1v) is 10.3. The van der Waals surface area contributed by atoms with Crippen molar-refractivity contribution < 1.29 is 22.5 Å². The molecule has 1 aromatic heterocycles. The van der Waals surface area contributed by atoms with Crippen LogP contribution in [0.4, 0.5) is 5.69 Å². The van der Waals surface area contributed by atoms with Gasteiger partial charge in [-0.3, -0.25) is 10.1 Å². The van der Waals surface area contributed by atoms with Crippen molar-refractivity contribution in [1.82, 2.24) is 4.31 Å². The summed E-state index contributed by atoms with van der Waals surface area (Å²) in [5.41, 5.74) is 0.567. The molecule has 0 fully saturated rings. The first-order valence-electron chi connectivity index (χ1n) is 8.89. The molecule has 0 aliphatic heterocycles. The van der Waals surface area contributed by atoms with E-state index in [9.17, 15) is 18.5 Å². The van der Waals surface area contributed by atoms with E-state index in [4.69, 9.17) is 9.15 Å². The van der Waals surface area contributed by atoms with Gasteiger partial charge >= 0.3 is 0 Å². The van der Waals surface area contributed by atoms with Gasteiger partial charge in [0.05, 0.1) is 29.2 Å². The maximum absolute atomic E-state index is 13.2. The van der Waals surface area contributed by atoms with Crippen LogP contribution in [0, 0.1) is 10.1 Å². The van der Waals surface area contributed by atoms with E-state index in [2.05, 4.69) is 0 Å². The summed E-state index contributed by atoms with van der Waals surface area (Å²) in [4.78, 5) is 10.5. The molecule has 0 unspecified atom stereocenters. The summed E-state index contributed by atoms with van der Waals surface area (Å²) >= 11 is 0. The van der Waals surface area contributed by atoms with Crippen molar-refractivity contribution in [3.63, 3.8) is 0 Å². The van der Waals surface area contributed by atoms with Gasteiger partial charge in [0.1, 0.15) is 11.5 Å². The van der Waals surface area contributed by atoms with Crippen LogP contribution in [0.25, 0.3) is 0 Å². The number of non-ortho nitro benzene ring substituents is 1. The van der Waals surface area contributed by atoms with Crippen LogP contribution in [0.1, 0.15) is 18.2 Å². The SMILES string of the molecule is CCOc1ccc(S(=O)(=O)N(Cc2ccc([N+](=O)[O-])cc2)Cc2ccco2)cc1. The summed E-state index contributed by atoms with van der Waals surface area (Å²) in [5.74, 6) is 1.07. The topological polar surface area (TPSA) is 103 Å². The van der Waals surface area contributed by atoms with E-state index in [-0.39, 0.29) is 23.7 Å². The third kappa shape index (κ3) is 5.01. The van der Waals surface area contributed by atoms with Gasteiger partial charge in [0.15, 0.2) is 0 Å². The number of rotatable bonds is 9. The zero-order valence-corrected chi connectivity index (χ0v) is 16.5. The van der Waals surface area contributed by atoms with Gasteiger partial charge in [-0.05, 0) is 48.9 Å². The highest BCUT2D eigenvalue weighted by molar-refractivity contribution is 7.89. The van der Waals surface area contributed by atoms with Crippen LogP contribution >= 0.6 is 0 Å². The van der Waals surface area contributed by atoms with E-state index in [1.807, 2.05) is 6.92 Å². The molecule has 1 heterocycles. The van der Waals surface area contributed by atoms with Gasteiger partial charge in [-0.2, -0.15) is 4.31 Å². The Hall–Kier alpha value is -3.17. The molecule has 9 heteroatoms. The summed E-state index contributed by atoms with van der Waals surface area (Å²) in [6.45, 7) is 2.39. The van der Waals surface area contributed by atoms with Crippen LogP contribution in [0.3, 0.4) is 0 Å². The van der Waals surface area contributed by atoms with Gasteiger partial charge in [-0.25, -0.2) is 8.42 Å². The molecule has 0 spiro atoms. The molecule has 3 aromatic rings. The second kappa shape index (κ2) is 8.89. The Balaban J connectivity index is 1.90. The van der Waals surface area contributed by atoms with E-state index in [1.165, 1.54) is 34.8 Å². The highest BCUT2D eigenvalue weighted by Crippen LogP contribution is 2.24. The minimum absolute atomic E-state index is 0.0273. The lowest BCUT2D eigenvalue weighted by atomic mass is 10.2. The Bertz CT molecular complexity index is 1050. The van der Waals surface area contributed by atoms with Gasteiger partial charge in [-0.1, -0.05) is 12.1 Å². The fourth-order valence-electron chi connectivity index (χ4n) is 2.75. The summed E-state index contributed by atoms with van der Waals surface area (Å²) in [6.07, 6.45) is 1.48. The zero-order chi connectivity index (χ0) is 20.9. The average molecular weight is 416 g/mol. The largest absolute Gasteiger partial charge is 0.494 e. The third-order valence-corrected chi connectivity index (χ3v) is 6.00. The second-order valence-corrected chi connectivity index (χ2v) is 8.12. The number of nitrogens with zero attached hydrogens (tertiary/aromatic N) is 2. The van der Waals surface area contributed by atoms with E-state index in [1.54, 1.807) is 36.4 Å². The van der Waals surface area contributed by atoms with Gasteiger partial charge < -0.3 is 9.15 Å². The number of ether oxygens (including phenoxy) is 1. The maximum Gasteiger partial charge on any atom is 0.269 e. The maximum atomic E-state index is 13.2. The number of benzene rings is 2. The van der Waals surface area contributed by atoms with Crippen LogP contribution < -0.4 is 4.74 Å². The molecule has 0 aliphatic rings. The van der Waals surface area contributed by atoms with E-state index in [0.29, 0.717) is 23.7 Å². The highest BCUT2D eigenvalue weighted by atomic mass is 32.2. The molecular formula is C20H20N2O6S. The van der Waals surface area contributed by atoms with Crippen molar-refractivity contribution in [2.75, 3.05) is 6.61 Å². The average Bonchev–Trinajstić information content (AvgIpc) is 3.22. The van der Waals surface area contributed by atoms with Gasteiger partial charge in [0.25, 0.3) is 5.69 Å². The molecule has 29 heavy (non-hydrogen) atoms. The molecule has 0 N–H and O–H groups in total. The number of hydrogen-bond acceptors (Lipinski definition) is 6. The Labute approximate surface area is 168 Å². The minimum Gasteiger partial charge on any atom is -0.494 e. The van der Waals surface area contributed by atoms with Crippen LogP contribution in [0.5, 0.6) is 5.75 Å². The van der Waals surface area contributed by atoms with E-state index >= 15 is 0 Å². The fourth-order valence-corrected chi connectivity index (χ4v) is 4.15. The lowest BCUT2D eigenvalue weighted by Crippen LogP contribution is -2.30. The van der Waals surface area contributed by atoms with Crippen molar-refractivity contribution in [3.8, 4) is 5.75 Å². The molecular weight excluding hydrogens is 396 g/mol. The number of sulfonamides is 1. The minimum atomic E-state index is -3.85. The number of nitro benzene ring substituents is 1. The highest BCUT2D eigenvalue weighted by Gasteiger charge is 2.26. The van der Waals surface area contributed by atoms with Crippen molar-refractivity contribution in [2.45, 2.75) is 24.9 Å². The lowest BCUT2D eigenvalue weighted by molar-refractivity contribution is -0.384. The first-order chi connectivity index (χ1) is 13.9. The van der Waals surface area contributed by atoms with Gasteiger partial charge in [-0.15, -0.1) is 0 Å². The molecule has 152 valence electrons. The normalized spacial score (nSPS) is 11.5. The van der Waals surface area contributed by atoms with Crippen molar-refractivity contribution in [2.24, 2.45) is 0 Å². The molecule has 0 atom stereocenters. The van der Waals surface area contributed by atoms with Crippen LogP contribution in [-0.2, 0) is 23.1 Å². The molecule has 2 aromatic carbocycles. The summed E-state index contributed by atoms with van der Waals surface area (Å²) in [6, 6.07) is 15.4. The standard InChI is InChI=1S/C20H20N2O6S/c1-2-27-18-9-11-20(12-10-18)29(25,26)21(15-19-4-3-13-28-19)14-16-5-7-17(8-6-16)22(23)24/h3-13H,2,14-15H2,1H3. The number of nitro groups is 1. The van der Waals surface area contributed by atoms with E-state index < -0.39 is 14.9 Å². The van der Waals surface area contributed by atoms with Gasteiger partial charge in [0.2, 0.25) is 10.0 Å². The smallest absolute Gasteiger partial charge is 0.269 e. The van der Waals surface area contributed by atoms with Crippen molar-refractivity contribution >= 4 is 15.7 Å². The quantitative estimate of drug-likeness (QED) is 0.386. The monoisotopic (exact) mass is 416 g/mol. The molecule has 0 saturated heterocycles. The van der Waals surface area contributed by atoms with E-state index in [0.717, 1.165) is 0 Å². The molecule has 0 bridgehead atoms. The van der Waals surface area contributed by atoms with Crippen LogP contribution in [0.15, 0.2) is 76.2 Å². The molecule has 0 aliphatic carbocycles. The summed E-state index contributed by atoms with van der Waals surface area (Å²) in [7, 11) is -3.85. The van der Waals surface area contributed by atoms with Crippen molar-refractivity contribution in [1.29, 1.82) is 0 Å². The Morgan fingerprint density at radius 1 is 1.03 bits per heavy atom. The molecule has 8 nitrogen and oxygen atoms in total. The summed E-state index contributed by atoms with van der Waals surface area (Å²) in [5, 5.41) is 10.8. The third-order valence-electron chi connectivity index (χ3n) is 4.19. The zero-order valence-electron chi connectivity index (χ0n) is 15.7. The number of furan rings is 1. The lowest BCUT2D eigenvalue weighted by Gasteiger charge is -2.21. The van der Waals surface area contributed by atoms with Crippen LogP contribution in [0.2, 0.25) is 0 Å². The Morgan fingerprint density at radius 2 is 1.72 bits per heavy atom. The Morgan fingerprint density at radius 3 is 2.28 bits per heavy atom. The number of hydrogen-bond donors (Lipinski definition) is 0. The molecule has 0 saturated carbocycles. The Kier molecular flexibility index (Phi) is 6.30. The first kappa shape index (κ1) is 20.6. The second-order valence-electron chi connectivity index (χ2n) is 6.18. The predicted octanol–water partition coefficient (Wildman–Crippen LogP) is 3.98. The predicted molar refractivity (Wildman–Crippen MR) is 106 cm³/mol.